The van der Waals surface area contributed by atoms with E-state index in [-0.39, 0.29) is 5.54 Å². The molecule has 1 saturated carbocycles. The Morgan fingerprint density at radius 2 is 2.40 bits per heavy atom. The second-order valence-electron chi connectivity index (χ2n) is 4.90. The molecule has 0 spiro atoms. The second kappa shape index (κ2) is 4.22. The number of nitrogens with two attached hydrogens (primary N) is 1. The SMILES string of the molecule is CC1CCC(N)(Cc2cncc(Br)c2)C1. The van der Waals surface area contributed by atoms with Crippen LogP contribution in [0.25, 0.3) is 0 Å². The molecule has 0 bridgehead atoms. The van der Waals surface area contributed by atoms with Gasteiger partial charge < -0.3 is 5.73 Å². The molecule has 2 N–H and O–H groups in total. The molecule has 1 heterocycles. The van der Waals surface area contributed by atoms with Gasteiger partial charge in [-0.3, -0.25) is 4.98 Å². The molecule has 0 saturated heterocycles. The van der Waals surface area contributed by atoms with Crippen LogP contribution in [0.15, 0.2) is 22.9 Å². The van der Waals surface area contributed by atoms with Crippen molar-refractivity contribution in [2.75, 3.05) is 0 Å². The van der Waals surface area contributed by atoms with Crippen molar-refractivity contribution in [1.82, 2.24) is 4.98 Å². The third-order valence-corrected chi connectivity index (χ3v) is 3.64. The molecule has 82 valence electrons. The molecule has 15 heavy (non-hydrogen) atoms. The van der Waals surface area contributed by atoms with E-state index < -0.39 is 0 Å². The van der Waals surface area contributed by atoms with E-state index in [1.165, 1.54) is 12.0 Å². The van der Waals surface area contributed by atoms with Crippen LogP contribution in [0.5, 0.6) is 0 Å². The van der Waals surface area contributed by atoms with Gasteiger partial charge in [0, 0.05) is 22.4 Å². The lowest BCUT2D eigenvalue weighted by Crippen LogP contribution is -2.39. The molecule has 1 aromatic rings. The number of pyridine rings is 1. The van der Waals surface area contributed by atoms with Gasteiger partial charge >= 0.3 is 0 Å². The van der Waals surface area contributed by atoms with Crippen LogP contribution in [0.1, 0.15) is 31.7 Å². The van der Waals surface area contributed by atoms with Crippen LogP contribution in [-0.4, -0.2) is 10.5 Å². The Morgan fingerprint density at radius 1 is 1.60 bits per heavy atom. The Bertz CT molecular complexity index is 353. The van der Waals surface area contributed by atoms with Crippen molar-refractivity contribution < 1.29 is 0 Å². The van der Waals surface area contributed by atoms with Crippen molar-refractivity contribution in [3.05, 3.63) is 28.5 Å². The first-order valence-corrected chi connectivity index (χ1v) is 6.25. The summed E-state index contributed by atoms with van der Waals surface area (Å²) < 4.78 is 1.04. The second-order valence-corrected chi connectivity index (χ2v) is 5.81. The van der Waals surface area contributed by atoms with E-state index in [0.29, 0.717) is 0 Å². The Hall–Kier alpha value is -0.410. The number of nitrogens with zero attached hydrogens (tertiary/aromatic N) is 1. The van der Waals surface area contributed by atoms with E-state index >= 15 is 0 Å². The first-order chi connectivity index (χ1) is 7.07. The van der Waals surface area contributed by atoms with Crippen molar-refractivity contribution in [2.24, 2.45) is 11.7 Å². The summed E-state index contributed by atoms with van der Waals surface area (Å²) in [5.74, 6) is 0.773. The molecule has 0 amide bonds. The van der Waals surface area contributed by atoms with Crippen LogP contribution in [0, 0.1) is 5.92 Å². The third-order valence-electron chi connectivity index (χ3n) is 3.21. The molecule has 2 unspecified atom stereocenters. The molecule has 1 aliphatic carbocycles. The largest absolute Gasteiger partial charge is 0.325 e. The maximum atomic E-state index is 6.39. The quantitative estimate of drug-likeness (QED) is 0.896. The van der Waals surface area contributed by atoms with Crippen LogP contribution >= 0.6 is 15.9 Å². The van der Waals surface area contributed by atoms with Gasteiger partial charge in [-0.2, -0.15) is 0 Å². The fourth-order valence-electron chi connectivity index (χ4n) is 2.55. The fourth-order valence-corrected chi connectivity index (χ4v) is 2.96. The minimum atomic E-state index is 0.00188. The Morgan fingerprint density at radius 3 is 3.00 bits per heavy atom. The molecule has 1 fully saturated rings. The lowest BCUT2D eigenvalue weighted by atomic mass is 9.90. The standard InChI is InChI=1S/C12H17BrN2/c1-9-2-3-12(14,5-9)6-10-4-11(13)8-15-7-10/h4,7-9H,2-3,5-6,14H2,1H3. The van der Waals surface area contributed by atoms with E-state index in [0.717, 1.165) is 29.7 Å². The van der Waals surface area contributed by atoms with Crippen molar-refractivity contribution >= 4 is 15.9 Å². The van der Waals surface area contributed by atoms with Gasteiger partial charge in [0.15, 0.2) is 0 Å². The van der Waals surface area contributed by atoms with Crippen molar-refractivity contribution in [1.29, 1.82) is 0 Å². The van der Waals surface area contributed by atoms with Gasteiger partial charge in [0.25, 0.3) is 0 Å². The molecule has 2 atom stereocenters. The van der Waals surface area contributed by atoms with Crippen LogP contribution in [0.4, 0.5) is 0 Å². The molecule has 0 aliphatic heterocycles. The van der Waals surface area contributed by atoms with Gasteiger partial charge in [-0.25, -0.2) is 0 Å². The molecule has 3 heteroatoms. The van der Waals surface area contributed by atoms with E-state index in [1.54, 1.807) is 0 Å². The molecule has 1 aliphatic rings. The van der Waals surface area contributed by atoms with E-state index in [9.17, 15) is 0 Å². The summed E-state index contributed by atoms with van der Waals surface area (Å²) >= 11 is 3.44. The predicted octanol–water partition coefficient (Wildman–Crippen LogP) is 2.90. The van der Waals surface area contributed by atoms with Gasteiger partial charge in [-0.05, 0) is 59.2 Å². The Labute approximate surface area is 99.4 Å². The highest BCUT2D eigenvalue weighted by atomic mass is 79.9. The fraction of sp³-hybridized carbons (Fsp3) is 0.583. The van der Waals surface area contributed by atoms with Gasteiger partial charge in [0.1, 0.15) is 0 Å². The zero-order valence-corrected chi connectivity index (χ0v) is 10.6. The Kier molecular flexibility index (Phi) is 3.12. The summed E-state index contributed by atoms with van der Waals surface area (Å²) in [6.45, 7) is 2.29. The first-order valence-electron chi connectivity index (χ1n) is 5.46. The lowest BCUT2D eigenvalue weighted by Gasteiger charge is -2.23. The predicted molar refractivity (Wildman–Crippen MR) is 65.6 cm³/mol. The monoisotopic (exact) mass is 268 g/mol. The van der Waals surface area contributed by atoms with Crippen molar-refractivity contribution in [3.63, 3.8) is 0 Å². The van der Waals surface area contributed by atoms with Crippen LogP contribution in [0.2, 0.25) is 0 Å². The maximum Gasteiger partial charge on any atom is 0.0410 e. The zero-order chi connectivity index (χ0) is 10.9. The molecule has 0 aromatic carbocycles. The number of rotatable bonds is 2. The van der Waals surface area contributed by atoms with Crippen LogP contribution in [0.3, 0.4) is 0 Å². The average molecular weight is 269 g/mol. The summed E-state index contributed by atoms with van der Waals surface area (Å²) in [5.41, 5.74) is 7.63. The van der Waals surface area contributed by atoms with E-state index in [2.05, 4.69) is 33.9 Å². The molecular weight excluding hydrogens is 252 g/mol. The van der Waals surface area contributed by atoms with E-state index in [1.807, 2.05) is 12.4 Å². The highest BCUT2D eigenvalue weighted by Crippen LogP contribution is 2.34. The zero-order valence-electron chi connectivity index (χ0n) is 9.04. The summed E-state index contributed by atoms with van der Waals surface area (Å²) in [5, 5.41) is 0. The highest BCUT2D eigenvalue weighted by Gasteiger charge is 2.33. The molecule has 2 nitrogen and oxygen atoms in total. The van der Waals surface area contributed by atoms with E-state index in [4.69, 9.17) is 5.73 Å². The minimum absolute atomic E-state index is 0.00188. The molecule has 0 radical (unpaired) electrons. The van der Waals surface area contributed by atoms with Gasteiger partial charge in [-0.1, -0.05) is 6.92 Å². The summed E-state index contributed by atoms with van der Waals surface area (Å²) in [6.07, 6.45) is 8.22. The number of halogens is 1. The summed E-state index contributed by atoms with van der Waals surface area (Å²) in [6, 6.07) is 2.12. The van der Waals surface area contributed by atoms with Crippen LogP contribution < -0.4 is 5.73 Å². The number of hydrogen-bond acceptors (Lipinski definition) is 2. The summed E-state index contributed by atoms with van der Waals surface area (Å²) in [4.78, 5) is 4.17. The summed E-state index contributed by atoms with van der Waals surface area (Å²) in [7, 11) is 0. The molecule has 2 rings (SSSR count). The number of hydrogen-bond donors (Lipinski definition) is 1. The van der Waals surface area contributed by atoms with Gasteiger partial charge in [0.2, 0.25) is 0 Å². The Balaban J connectivity index is 2.08. The topological polar surface area (TPSA) is 38.9 Å². The average Bonchev–Trinajstić information content (AvgIpc) is 2.45. The van der Waals surface area contributed by atoms with Gasteiger partial charge in [0.05, 0.1) is 0 Å². The van der Waals surface area contributed by atoms with Gasteiger partial charge in [-0.15, -0.1) is 0 Å². The van der Waals surface area contributed by atoms with Crippen molar-refractivity contribution in [2.45, 2.75) is 38.1 Å². The molecule has 1 aromatic heterocycles. The van der Waals surface area contributed by atoms with Crippen molar-refractivity contribution in [3.8, 4) is 0 Å². The lowest BCUT2D eigenvalue weighted by molar-refractivity contribution is 0.419. The highest BCUT2D eigenvalue weighted by molar-refractivity contribution is 9.10. The minimum Gasteiger partial charge on any atom is -0.325 e. The van der Waals surface area contributed by atoms with Crippen LogP contribution in [-0.2, 0) is 6.42 Å². The maximum absolute atomic E-state index is 6.39. The molecular formula is C12H17BrN2. The first kappa shape index (κ1) is 11.1. The smallest absolute Gasteiger partial charge is 0.0410 e. The third kappa shape index (κ3) is 2.79. The normalized spacial score (nSPS) is 30.7. The number of aromatic nitrogens is 1.